The molecule has 0 N–H and O–H groups in total. The number of rotatable bonds is 6. The molecule has 0 unspecified atom stereocenters. The quantitative estimate of drug-likeness (QED) is 0.484. The maximum Gasteiger partial charge on any atom is 0.416 e. The van der Waals surface area contributed by atoms with Crippen molar-refractivity contribution in [2.45, 2.75) is 19.0 Å². The lowest BCUT2D eigenvalue weighted by molar-refractivity contribution is -0.384. The molecule has 32 heavy (non-hydrogen) atoms. The molecule has 0 bridgehead atoms. The highest BCUT2D eigenvalue weighted by Crippen LogP contribution is 2.33. The second-order valence-electron chi connectivity index (χ2n) is 8.02. The highest BCUT2D eigenvalue weighted by Gasteiger charge is 2.31. The van der Waals surface area contributed by atoms with Crippen LogP contribution in [0.2, 0.25) is 0 Å². The number of nitrogens with zero attached hydrogens (tertiary/aromatic N) is 3. The van der Waals surface area contributed by atoms with E-state index in [-0.39, 0.29) is 17.2 Å². The average Bonchev–Trinajstić information content (AvgIpc) is 3.61. The Morgan fingerprint density at radius 3 is 2.28 bits per heavy atom. The molecule has 2 aromatic rings. The molecule has 1 aliphatic heterocycles. The van der Waals surface area contributed by atoms with Crippen LogP contribution >= 0.6 is 0 Å². The fourth-order valence-electron chi connectivity index (χ4n) is 3.62. The summed E-state index contributed by atoms with van der Waals surface area (Å²) in [6.07, 6.45) is -2.24. The van der Waals surface area contributed by atoms with E-state index in [0.29, 0.717) is 50.1 Å². The van der Waals surface area contributed by atoms with E-state index >= 15 is 0 Å². The Balaban J connectivity index is 1.44. The molecule has 7 nitrogen and oxygen atoms in total. The van der Waals surface area contributed by atoms with E-state index < -0.39 is 16.7 Å². The lowest BCUT2D eigenvalue weighted by Crippen LogP contribution is -2.48. The fourth-order valence-corrected chi connectivity index (χ4v) is 3.62. The number of nitro benzene ring substituents is 1. The number of nitro groups is 1. The minimum Gasteiger partial charge on any atom is -0.492 e. The third-order valence-electron chi connectivity index (χ3n) is 5.70. The van der Waals surface area contributed by atoms with Crippen LogP contribution in [0.25, 0.3) is 0 Å². The van der Waals surface area contributed by atoms with Gasteiger partial charge in [-0.25, -0.2) is 0 Å². The summed E-state index contributed by atoms with van der Waals surface area (Å²) >= 11 is 0. The Kier molecular flexibility index (Phi) is 5.94. The number of halogens is 3. The zero-order chi connectivity index (χ0) is 22.9. The van der Waals surface area contributed by atoms with Gasteiger partial charge in [-0.05, 0) is 49.1 Å². The molecule has 170 valence electrons. The van der Waals surface area contributed by atoms with Crippen molar-refractivity contribution < 1.29 is 27.6 Å². The second-order valence-corrected chi connectivity index (χ2v) is 8.02. The molecule has 1 saturated carbocycles. The van der Waals surface area contributed by atoms with Gasteiger partial charge in [0, 0.05) is 44.0 Å². The smallest absolute Gasteiger partial charge is 0.416 e. The van der Waals surface area contributed by atoms with Gasteiger partial charge in [0.1, 0.15) is 5.75 Å². The topological polar surface area (TPSA) is 75.9 Å². The highest BCUT2D eigenvalue weighted by molar-refractivity contribution is 5.97. The summed E-state index contributed by atoms with van der Waals surface area (Å²) in [5.41, 5.74) is -0.0910. The van der Waals surface area contributed by atoms with Crippen molar-refractivity contribution in [2.75, 3.05) is 37.7 Å². The van der Waals surface area contributed by atoms with E-state index in [0.717, 1.165) is 25.0 Å². The summed E-state index contributed by atoms with van der Waals surface area (Å²) in [4.78, 5) is 27.3. The Morgan fingerprint density at radius 2 is 1.72 bits per heavy atom. The largest absolute Gasteiger partial charge is 0.492 e. The highest BCUT2D eigenvalue weighted by atomic mass is 19.4. The number of carbonyl (C=O) groups is 1. The molecule has 4 rings (SSSR count). The van der Waals surface area contributed by atoms with Crippen LogP contribution in [0, 0.1) is 16.0 Å². The van der Waals surface area contributed by atoms with Crippen LogP contribution in [-0.4, -0.2) is 48.5 Å². The lowest BCUT2D eigenvalue weighted by atomic mass is 10.1. The van der Waals surface area contributed by atoms with E-state index in [1.165, 1.54) is 30.3 Å². The van der Waals surface area contributed by atoms with E-state index in [4.69, 9.17) is 4.74 Å². The summed E-state index contributed by atoms with van der Waals surface area (Å²) in [6, 6.07) is 8.95. The molecular formula is C22H22F3N3O4. The van der Waals surface area contributed by atoms with Gasteiger partial charge in [-0.15, -0.1) is 0 Å². The molecule has 0 atom stereocenters. The summed E-state index contributed by atoms with van der Waals surface area (Å²) in [6.45, 7) is 2.02. The Labute approximate surface area is 182 Å². The van der Waals surface area contributed by atoms with Gasteiger partial charge in [-0.2, -0.15) is 13.2 Å². The molecule has 10 heteroatoms. The van der Waals surface area contributed by atoms with Crippen LogP contribution in [0.1, 0.15) is 28.8 Å². The third-order valence-corrected chi connectivity index (χ3v) is 5.70. The Morgan fingerprint density at radius 1 is 1.06 bits per heavy atom. The van der Waals surface area contributed by atoms with Gasteiger partial charge in [0.05, 0.1) is 22.7 Å². The van der Waals surface area contributed by atoms with Gasteiger partial charge in [0.25, 0.3) is 11.6 Å². The van der Waals surface area contributed by atoms with E-state index in [1.807, 2.05) is 4.90 Å². The number of piperazine rings is 1. The molecule has 0 spiro atoms. The van der Waals surface area contributed by atoms with Crippen LogP contribution in [0.4, 0.5) is 24.5 Å². The first kappa shape index (κ1) is 21.9. The monoisotopic (exact) mass is 449 g/mol. The van der Waals surface area contributed by atoms with E-state index in [2.05, 4.69) is 0 Å². The molecular weight excluding hydrogens is 427 g/mol. The zero-order valence-corrected chi connectivity index (χ0v) is 17.2. The summed E-state index contributed by atoms with van der Waals surface area (Å²) < 4.78 is 44.1. The minimum atomic E-state index is -4.39. The number of alkyl halides is 3. The number of ether oxygens (including phenoxy) is 1. The van der Waals surface area contributed by atoms with Gasteiger partial charge in [0.2, 0.25) is 0 Å². The van der Waals surface area contributed by atoms with Gasteiger partial charge in [-0.1, -0.05) is 0 Å². The van der Waals surface area contributed by atoms with Crippen LogP contribution in [-0.2, 0) is 6.18 Å². The van der Waals surface area contributed by atoms with Crippen LogP contribution in [0.5, 0.6) is 5.75 Å². The first-order valence-corrected chi connectivity index (χ1v) is 10.3. The number of hydrogen-bond acceptors (Lipinski definition) is 5. The summed E-state index contributed by atoms with van der Waals surface area (Å²) in [5, 5.41) is 11.2. The molecule has 1 amide bonds. The van der Waals surface area contributed by atoms with Crippen molar-refractivity contribution in [3.05, 3.63) is 63.7 Å². The molecule has 2 aromatic carbocycles. The van der Waals surface area contributed by atoms with Crippen molar-refractivity contribution in [3.63, 3.8) is 0 Å². The number of amides is 1. The summed E-state index contributed by atoms with van der Waals surface area (Å²) in [7, 11) is 0. The summed E-state index contributed by atoms with van der Waals surface area (Å²) in [5.74, 6) is 0.435. The lowest BCUT2D eigenvalue weighted by Gasteiger charge is -2.36. The maximum absolute atomic E-state index is 13.1. The fraction of sp³-hybridized carbons (Fsp3) is 0.409. The molecule has 0 aromatic heterocycles. The molecule has 1 aliphatic carbocycles. The first-order chi connectivity index (χ1) is 15.2. The van der Waals surface area contributed by atoms with Gasteiger partial charge in [0.15, 0.2) is 0 Å². The van der Waals surface area contributed by atoms with Crippen molar-refractivity contribution in [3.8, 4) is 5.75 Å². The van der Waals surface area contributed by atoms with Gasteiger partial charge in [-0.3, -0.25) is 14.9 Å². The Hall–Kier alpha value is -3.30. The van der Waals surface area contributed by atoms with Gasteiger partial charge >= 0.3 is 6.18 Å². The van der Waals surface area contributed by atoms with Crippen LogP contribution in [0.15, 0.2) is 42.5 Å². The van der Waals surface area contributed by atoms with Crippen molar-refractivity contribution >= 4 is 17.3 Å². The minimum absolute atomic E-state index is 0.155. The van der Waals surface area contributed by atoms with E-state index in [1.54, 1.807) is 4.90 Å². The maximum atomic E-state index is 13.1. The molecule has 2 fully saturated rings. The predicted molar refractivity (Wildman–Crippen MR) is 111 cm³/mol. The molecule has 2 aliphatic rings. The average molecular weight is 449 g/mol. The number of hydrogen-bond donors (Lipinski definition) is 0. The Bertz CT molecular complexity index is 998. The third kappa shape index (κ3) is 4.95. The molecule has 1 saturated heterocycles. The number of non-ortho nitro benzene ring substituents is 1. The number of benzene rings is 2. The van der Waals surface area contributed by atoms with E-state index in [9.17, 15) is 28.1 Å². The van der Waals surface area contributed by atoms with Crippen LogP contribution < -0.4 is 9.64 Å². The van der Waals surface area contributed by atoms with Gasteiger partial charge < -0.3 is 14.5 Å². The van der Waals surface area contributed by atoms with Crippen molar-refractivity contribution in [1.82, 2.24) is 4.90 Å². The molecule has 1 heterocycles. The first-order valence-electron chi connectivity index (χ1n) is 10.3. The number of carbonyl (C=O) groups excluding carboxylic acids is 1. The molecule has 0 radical (unpaired) electrons. The number of anilines is 1. The van der Waals surface area contributed by atoms with Crippen molar-refractivity contribution in [2.24, 2.45) is 5.92 Å². The predicted octanol–water partition coefficient (Wildman–Crippen LogP) is 4.36. The SMILES string of the molecule is O=C(c1cc([N+](=O)[O-])ccc1OCC1CC1)N1CCN(c2ccc(C(F)(F)F)cc2)CC1. The second kappa shape index (κ2) is 8.68. The zero-order valence-electron chi connectivity index (χ0n) is 17.2. The standard InChI is InChI=1S/C22H22F3N3O4/c23-22(24,25)16-3-5-17(6-4-16)26-9-11-27(12-10-26)21(29)19-13-18(28(30)31)7-8-20(19)32-14-15-1-2-15/h3-8,13,15H,1-2,9-12,14H2. The normalized spacial score (nSPS) is 16.7. The van der Waals surface area contributed by atoms with Crippen LogP contribution in [0.3, 0.4) is 0 Å². The van der Waals surface area contributed by atoms with Crippen molar-refractivity contribution in [1.29, 1.82) is 0 Å².